The summed E-state index contributed by atoms with van der Waals surface area (Å²) in [5.41, 5.74) is 0. The van der Waals surface area contributed by atoms with Crippen molar-refractivity contribution in [1.29, 1.82) is 0 Å². The Hall–Kier alpha value is -0.320. The van der Waals surface area contributed by atoms with Gasteiger partial charge in [0.15, 0.2) is 0 Å². The lowest BCUT2D eigenvalue weighted by atomic mass is 9.97. The van der Waals surface area contributed by atoms with Crippen LogP contribution in [0.1, 0.15) is 39.5 Å². The number of hydrogen-bond acceptors (Lipinski definition) is 3. The lowest BCUT2D eigenvalue weighted by molar-refractivity contribution is -0.123. The molecule has 2 rings (SSSR count). The van der Waals surface area contributed by atoms with E-state index in [0.717, 1.165) is 32.5 Å². The van der Waals surface area contributed by atoms with Crippen LogP contribution in [0.4, 0.5) is 0 Å². The molecule has 2 aliphatic rings. The Balaban J connectivity index is 0.00000180. The summed E-state index contributed by atoms with van der Waals surface area (Å²) in [7, 11) is 0. The Morgan fingerprint density at radius 1 is 1.37 bits per heavy atom. The smallest absolute Gasteiger partial charge is 0.237 e. The normalized spacial score (nSPS) is 28.2. The van der Waals surface area contributed by atoms with Crippen molar-refractivity contribution in [2.24, 2.45) is 5.92 Å². The number of piperidine rings is 1. The third kappa shape index (κ3) is 4.93. The Bertz CT molecular complexity index is 280. The molecule has 0 spiro atoms. The molecule has 0 aliphatic carbocycles. The first-order chi connectivity index (χ1) is 8.66. The molecule has 2 N–H and O–H groups in total. The van der Waals surface area contributed by atoms with Gasteiger partial charge in [-0.2, -0.15) is 0 Å². The van der Waals surface area contributed by atoms with E-state index in [1.807, 2.05) is 0 Å². The van der Waals surface area contributed by atoms with Crippen LogP contribution in [0.15, 0.2) is 0 Å². The van der Waals surface area contributed by atoms with Crippen LogP contribution in [0.3, 0.4) is 0 Å². The highest BCUT2D eigenvalue weighted by Crippen LogP contribution is 2.17. The summed E-state index contributed by atoms with van der Waals surface area (Å²) >= 11 is 0. The molecule has 4 nitrogen and oxygen atoms in total. The van der Waals surface area contributed by atoms with Gasteiger partial charge in [0.1, 0.15) is 0 Å². The van der Waals surface area contributed by atoms with E-state index >= 15 is 0 Å². The molecule has 2 heterocycles. The van der Waals surface area contributed by atoms with Crippen LogP contribution in [0.25, 0.3) is 0 Å². The van der Waals surface area contributed by atoms with E-state index < -0.39 is 0 Å². The van der Waals surface area contributed by atoms with Crippen molar-refractivity contribution in [1.82, 2.24) is 15.5 Å². The van der Waals surface area contributed by atoms with Gasteiger partial charge in [0.05, 0.1) is 6.04 Å². The van der Waals surface area contributed by atoms with Gasteiger partial charge in [-0.1, -0.05) is 0 Å². The average Bonchev–Trinajstić information content (AvgIpc) is 2.90. The van der Waals surface area contributed by atoms with Gasteiger partial charge in [0.25, 0.3) is 0 Å². The third-order valence-electron chi connectivity index (χ3n) is 4.22. The number of nitrogens with zero attached hydrogens (tertiary/aromatic N) is 1. The largest absolute Gasteiger partial charge is 0.354 e. The van der Waals surface area contributed by atoms with Gasteiger partial charge >= 0.3 is 0 Å². The molecule has 1 amide bonds. The zero-order chi connectivity index (χ0) is 13.0. The Morgan fingerprint density at radius 3 is 2.79 bits per heavy atom. The molecule has 0 aromatic carbocycles. The van der Waals surface area contributed by atoms with Gasteiger partial charge < -0.3 is 15.5 Å². The maximum absolute atomic E-state index is 11.9. The molecule has 19 heavy (non-hydrogen) atoms. The first-order valence-electron chi connectivity index (χ1n) is 7.42. The second-order valence-corrected chi connectivity index (χ2v) is 5.99. The Labute approximate surface area is 123 Å². The predicted molar refractivity (Wildman–Crippen MR) is 80.7 cm³/mol. The number of likely N-dealkylation sites (tertiary alicyclic amines) is 1. The zero-order valence-corrected chi connectivity index (χ0v) is 13.0. The number of halogens is 1. The van der Waals surface area contributed by atoms with E-state index in [9.17, 15) is 4.79 Å². The quantitative estimate of drug-likeness (QED) is 0.822. The lowest BCUT2D eigenvalue weighted by Gasteiger charge is -2.35. The van der Waals surface area contributed by atoms with Gasteiger partial charge in [0, 0.05) is 19.1 Å². The molecule has 2 atom stereocenters. The van der Waals surface area contributed by atoms with Gasteiger partial charge in [-0.25, -0.2) is 0 Å². The number of carbonyl (C=O) groups is 1. The number of rotatable bonds is 4. The molecule has 0 aromatic rings. The molecule has 5 heteroatoms. The number of amides is 1. The van der Waals surface area contributed by atoms with E-state index in [0.29, 0.717) is 12.0 Å². The van der Waals surface area contributed by atoms with Crippen LogP contribution < -0.4 is 10.6 Å². The standard InChI is InChI=1S/C14H27N3O.ClH/c1-11(2)17-8-4-5-12(10-17)9-16-14(18)13-6-3-7-15-13;/h11-13,15H,3-10H2,1-2H3,(H,16,18);1H/t12?,13-;/m0./s1. The van der Waals surface area contributed by atoms with Crippen LogP contribution in [0.5, 0.6) is 0 Å². The van der Waals surface area contributed by atoms with E-state index in [2.05, 4.69) is 29.4 Å². The summed E-state index contributed by atoms with van der Waals surface area (Å²) < 4.78 is 0. The van der Waals surface area contributed by atoms with Crippen molar-refractivity contribution in [3.8, 4) is 0 Å². The van der Waals surface area contributed by atoms with Gasteiger partial charge in [-0.3, -0.25) is 4.79 Å². The highest BCUT2D eigenvalue weighted by atomic mass is 35.5. The van der Waals surface area contributed by atoms with Gasteiger partial charge in [0.2, 0.25) is 5.91 Å². The minimum Gasteiger partial charge on any atom is -0.354 e. The Morgan fingerprint density at radius 2 is 2.16 bits per heavy atom. The van der Waals surface area contributed by atoms with Crippen LogP contribution >= 0.6 is 12.4 Å². The van der Waals surface area contributed by atoms with Crippen LogP contribution in [0, 0.1) is 5.92 Å². The molecule has 0 aromatic heterocycles. The van der Waals surface area contributed by atoms with E-state index in [-0.39, 0.29) is 24.4 Å². The highest BCUT2D eigenvalue weighted by molar-refractivity contribution is 5.85. The summed E-state index contributed by atoms with van der Waals surface area (Å²) in [5, 5.41) is 6.37. The maximum atomic E-state index is 11.9. The molecule has 0 bridgehead atoms. The molecule has 0 radical (unpaired) electrons. The number of nitrogens with one attached hydrogen (secondary N) is 2. The summed E-state index contributed by atoms with van der Waals surface area (Å²) in [6.45, 7) is 8.69. The summed E-state index contributed by atoms with van der Waals surface area (Å²) in [6, 6.07) is 0.690. The van der Waals surface area contributed by atoms with Crippen molar-refractivity contribution < 1.29 is 4.79 Å². The molecule has 2 aliphatic heterocycles. The van der Waals surface area contributed by atoms with Crippen molar-refractivity contribution in [2.45, 2.75) is 51.6 Å². The average molecular weight is 290 g/mol. The Kier molecular flexibility index (Phi) is 7.11. The maximum Gasteiger partial charge on any atom is 0.237 e. The fraction of sp³-hybridized carbons (Fsp3) is 0.929. The van der Waals surface area contributed by atoms with Gasteiger partial charge in [-0.15, -0.1) is 12.4 Å². The first-order valence-corrected chi connectivity index (χ1v) is 7.42. The zero-order valence-electron chi connectivity index (χ0n) is 12.2. The summed E-state index contributed by atoms with van der Waals surface area (Å²) in [6.07, 6.45) is 4.64. The van der Waals surface area contributed by atoms with Crippen LogP contribution in [-0.2, 0) is 4.79 Å². The lowest BCUT2D eigenvalue weighted by Crippen LogP contribution is -2.46. The molecule has 2 saturated heterocycles. The second-order valence-electron chi connectivity index (χ2n) is 5.99. The number of hydrogen-bond donors (Lipinski definition) is 2. The molecule has 0 saturated carbocycles. The molecule has 112 valence electrons. The third-order valence-corrected chi connectivity index (χ3v) is 4.22. The van der Waals surface area contributed by atoms with Crippen molar-refractivity contribution in [3.63, 3.8) is 0 Å². The first kappa shape index (κ1) is 16.7. The van der Waals surface area contributed by atoms with E-state index in [1.165, 1.54) is 19.4 Å². The fourth-order valence-electron chi connectivity index (χ4n) is 3.01. The number of carbonyl (C=O) groups excluding carboxylic acids is 1. The van der Waals surface area contributed by atoms with Crippen molar-refractivity contribution >= 4 is 18.3 Å². The minimum atomic E-state index is 0. The predicted octanol–water partition coefficient (Wildman–Crippen LogP) is 1.40. The SMILES string of the molecule is CC(C)N1CCCC(CNC(=O)[C@@H]2CCCN2)C1.Cl. The second kappa shape index (κ2) is 8.08. The van der Waals surface area contributed by atoms with Crippen molar-refractivity contribution in [3.05, 3.63) is 0 Å². The van der Waals surface area contributed by atoms with Crippen LogP contribution in [0.2, 0.25) is 0 Å². The molecule has 2 fully saturated rings. The molecule has 1 unspecified atom stereocenters. The van der Waals surface area contributed by atoms with Gasteiger partial charge in [-0.05, 0) is 58.5 Å². The van der Waals surface area contributed by atoms with E-state index in [4.69, 9.17) is 0 Å². The fourth-order valence-corrected chi connectivity index (χ4v) is 3.01. The summed E-state index contributed by atoms with van der Waals surface area (Å²) in [4.78, 5) is 14.4. The topological polar surface area (TPSA) is 44.4 Å². The summed E-state index contributed by atoms with van der Waals surface area (Å²) in [5.74, 6) is 0.834. The minimum absolute atomic E-state index is 0. The highest BCUT2D eigenvalue weighted by Gasteiger charge is 2.25. The van der Waals surface area contributed by atoms with Crippen LogP contribution in [-0.4, -0.2) is 49.1 Å². The molecular weight excluding hydrogens is 262 g/mol. The monoisotopic (exact) mass is 289 g/mol. The van der Waals surface area contributed by atoms with E-state index in [1.54, 1.807) is 0 Å². The van der Waals surface area contributed by atoms with Crippen molar-refractivity contribution in [2.75, 3.05) is 26.2 Å². The molecular formula is C14H28ClN3O.